The Hall–Kier alpha value is -1.96. The molecule has 0 spiro atoms. The van der Waals surface area contributed by atoms with E-state index in [1.165, 1.54) is 15.6 Å². The summed E-state index contributed by atoms with van der Waals surface area (Å²) in [5.74, 6) is 0. The normalized spacial score (nSPS) is 14.6. The first-order valence-electron chi connectivity index (χ1n) is 7.20. The van der Waals surface area contributed by atoms with Crippen LogP contribution in [0.3, 0.4) is 0 Å². The number of benzene rings is 1. The minimum atomic E-state index is 0.699. The van der Waals surface area contributed by atoms with Gasteiger partial charge in [-0.15, -0.1) is 11.3 Å². The van der Waals surface area contributed by atoms with Crippen LogP contribution >= 0.6 is 11.3 Å². The fraction of sp³-hybridized carbons (Fsp3) is 0.294. The molecule has 1 N–H and O–H groups in total. The average Bonchev–Trinajstić information content (AvgIpc) is 2.77. The van der Waals surface area contributed by atoms with E-state index < -0.39 is 0 Å². The summed E-state index contributed by atoms with van der Waals surface area (Å²) in [5.41, 5.74) is 3.10. The summed E-state index contributed by atoms with van der Waals surface area (Å²) in [4.78, 5) is 6.20. The van der Waals surface area contributed by atoms with Crippen LogP contribution in [-0.4, -0.2) is 18.1 Å². The maximum atomic E-state index is 8.77. The van der Waals surface area contributed by atoms with Crippen molar-refractivity contribution in [1.82, 2.24) is 10.3 Å². The van der Waals surface area contributed by atoms with Gasteiger partial charge in [0.05, 0.1) is 22.3 Å². The van der Waals surface area contributed by atoms with Crippen LogP contribution in [-0.2, 0) is 19.3 Å². The molecule has 0 aliphatic carbocycles. The number of nitriles is 1. The Balaban J connectivity index is 1.64. The van der Waals surface area contributed by atoms with Crippen LogP contribution < -0.4 is 5.32 Å². The van der Waals surface area contributed by atoms with Gasteiger partial charge < -0.3 is 5.32 Å². The number of thiazole rings is 1. The maximum absolute atomic E-state index is 8.77. The van der Waals surface area contributed by atoms with Crippen molar-refractivity contribution in [3.63, 3.8) is 0 Å². The van der Waals surface area contributed by atoms with Gasteiger partial charge in [-0.05, 0) is 24.1 Å². The largest absolute Gasteiger partial charge is 0.316 e. The first-order valence-corrected chi connectivity index (χ1v) is 8.01. The summed E-state index contributed by atoms with van der Waals surface area (Å²) < 4.78 is 0. The first-order chi connectivity index (χ1) is 10.3. The molecule has 0 unspecified atom stereocenters. The molecule has 0 amide bonds. The third-order valence-corrected chi connectivity index (χ3v) is 4.71. The Morgan fingerprint density at radius 3 is 2.86 bits per heavy atom. The summed E-state index contributed by atoms with van der Waals surface area (Å²) in [7, 11) is 0. The SMILES string of the molecule is N#Cc1ccc(C=CCc2nc3c(s2)CCNCC3)cc1. The number of nitrogens with one attached hydrogen (secondary N) is 1. The van der Waals surface area contributed by atoms with E-state index in [1.54, 1.807) is 0 Å². The van der Waals surface area contributed by atoms with Crippen LogP contribution in [0.15, 0.2) is 30.3 Å². The van der Waals surface area contributed by atoms with Crippen molar-refractivity contribution in [2.75, 3.05) is 13.1 Å². The molecule has 0 saturated heterocycles. The van der Waals surface area contributed by atoms with Gasteiger partial charge >= 0.3 is 0 Å². The molecule has 0 fully saturated rings. The second kappa shape index (κ2) is 6.66. The second-order valence-corrected chi connectivity index (χ2v) is 6.24. The fourth-order valence-corrected chi connectivity index (χ4v) is 3.50. The lowest BCUT2D eigenvalue weighted by molar-refractivity contribution is 0.708. The molecular weight excluding hydrogens is 278 g/mol. The summed E-state index contributed by atoms with van der Waals surface area (Å²) in [6.07, 6.45) is 7.27. The monoisotopic (exact) mass is 295 g/mol. The van der Waals surface area contributed by atoms with Gasteiger partial charge in [-0.3, -0.25) is 0 Å². The first kappa shape index (κ1) is 14.0. The van der Waals surface area contributed by atoms with Crippen molar-refractivity contribution < 1.29 is 0 Å². The van der Waals surface area contributed by atoms with Crippen molar-refractivity contribution in [3.8, 4) is 6.07 Å². The zero-order chi connectivity index (χ0) is 14.5. The Labute approximate surface area is 129 Å². The highest BCUT2D eigenvalue weighted by molar-refractivity contribution is 7.11. The van der Waals surface area contributed by atoms with Crippen LogP contribution in [0.25, 0.3) is 6.08 Å². The number of nitrogens with zero attached hydrogens (tertiary/aromatic N) is 2. The Bertz CT molecular complexity index is 654. The average molecular weight is 295 g/mol. The van der Waals surface area contributed by atoms with E-state index in [9.17, 15) is 0 Å². The lowest BCUT2D eigenvalue weighted by atomic mass is 10.1. The van der Waals surface area contributed by atoms with E-state index in [4.69, 9.17) is 10.2 Å². The van der Waals surface area contributed by atoms with Gasteiger partial charge in [0.1, 0.15) is 0 Å². The molecule has 2 heterocycles. The van der Waals surface area contributed by atoms with Gasteiger partial charge in [0, 0.05) is 30.8 Å². The molecule has 1 aliphatic heterocycles. The molecule has 0 bridgehead atoms. The van der Waals surface area contributed by atoms with E-state index in [2.05, 4.69) is 23.5 Å². The molecule has 106 valence electrons. The fourth-order valence-electron chi connectivity index (χ4n) is 2.41. The van der Waals surface area contributed by atoms with Gasteiger partial charge in [0.15, 0.2) is 0 Å². The van der Waals surface area contributed by atoms with Crippen molar-refractivity contribution in [3.05, 3.63) is 57.0 Å². The predicted molar refractivity (Wildman–Crippen MR) is 86.3 cm³/mol. The van der Waals surface area contributed by atoms with Gasteiger partial charge in [0.2, 0.25) is 0 Å². The van der Waals surface area contributed by atoms with Gasteiger partial charge in [0.25, 0.3) is 0 Å². The third kappa shape index (κ3) is 3.57. The quantitative estimate of drug-likeness (QED) is 0.947. The van der Waals surface area contributed by atoms with Gasteiger partial charge in [-0.25, -0.2) is 4.98 Å². The van der Waals surface area contributed by atoms with Crippen LogP contribution in [0.4, 0.5) is 0 Å². The van der Waals surface area contributed by atoms with Crippen LogP contribution in [0, 0.1) is 11.3 Å². The molecule has 0 atom stereocenters. The molecule has 21 heavy (non-hydrogen) atoms. The van der Waals surface area contributed by atoms with Gasteiger partial charge in [-0.1, -0.05) is 24.3 Å². The molecule has 1 aromatic heterocycles. The minimum absolute atomic E-state index is 0.699. The number of rotatable bonds is 3. The highest BCUT2D eigenvalue weighted by Gasteiger charge is 2.12. The van der Waals surface area contributed by atoms with Crippen molar-refractivity contribution in [2.24, 2.45) is 0 Å². The Kier molecular flexibility index (Phi) is 4.44. The Morgan fingerprint density at radius 2 is 2.05 bits per heavy atom. The van der Waals surface area contributed by atoms with Crippen LogP contribution in [0.1, 0.15) is 26.7 Å². The number of allylic oxidation sites excluding steroid dienone is 1. The summed E-state index contributed by atoms with van der Waals surface area (Å²) in [5, 5.41) is 13.4. The smallest absolute Gasteiger partial charge is 0.0991 e. The molecule has 1 aromatic carbocycles. The molecule has 3 rings (SSSR count). The van der Waals surface area contributed by atoms with E-state index in [0.29, 0.717) is 5.56 Å². The lowest BCUT2D eigenvalue weighted by Gasteiger charge is -1.95. The molecular formula is C17H17N3S. The van der Waals surface area contributed by atoms with E-state index >= 15 is 0 Å². The molecule has 2 aromatic rings. The van der Waals surface area contributed by atoms with Crippen molar-refractivity contribution >= 4 is 17.4 Å². The molecule has 1 aliphatic rings. The predicted octanol–water partition coefficient (Wildman–Crippen LogP) is 2.96. The van der Waals surface area contributed by atoms with E-state index in [0.717, 1.165) is 37.9 Å². The van der Waals surface area contributed by atoms with Crippen LogP contribution in [0.2, 0.25) is 0 Å². The standard InChI is InChI=1S/C17H17N3S/c18-12-14-6-4-13(5-7-14)2-1-3-17-20-15-8-10-19-11-9-16(15)21-17/h1-2,4-7,19H,3,8-11H2. The minimum Gasteiger partial charge on any atom is -0.316 e. The van der Waals surface area contributed by atoms with Gasteiger partial charge in [-0.2, -0.15) is 5.26 Å². The zero-order valence-corrected chi connectivity index (χ0v) is 12.6. The van der Waals surface area contributed by atoms with Crippen LogP contribution in [0.5, 0.6) is 0 Å². The summed E-state index contributed by atoms with van der Waals surface area (Å²) >= 11 is 1.84. The van der Waals surface area contributed by atoms with E-state index in [1.807, 2.05) is 35.6 Å². The van der Waals surface area contributed by atoms with Crippen molar-refractivity contribution in [1.29, 1.82) is 5.26 Å². The topological polar surface area (TPSA) is 48.7 Å². The molecule has 0 radical (unpaired) electrons. The number of fused-ring (bicyclic) bond motifs is 1. The number of aromatic nitrogens is 1. The Morgan fingerprint density at radius 1 is 1.24 bits per heavy atom. The van der Waals surface area contributed by atoms with Crippen molar-refractivity contribution in [2.45, 2.75) is 19.3 Å². The molecule has 0 saturated carbocycles. The summed E-state index contributed by atoms with van der Waals surface area (Å²) in [6.45, 7) is 2.10. The second-order valence-electron chi connectivity index (χ2n) is 5.07. The van der Waals surface area contributed by atoms with E-state index in [-0.39, 0.29) is 0 Å². The highest BCUT2D eigenvalue weighted by Crippen LogP contribution is 2.22. The zero-order valence-electron chi connectivity index (χ0n) is 11.8. The maximum Gasteiger partial charge on any atom is 0.0991 e. The number of hydrogen-bond acceptors (Lipinski definition) is 4. The summed E-state index contributed by atoms with van der Waals surface area (Å²) in [6, 6.07) is 9.76. The molecule has 4 heteroatoms. The highest BCUT2D eigenvalue weighted by atomic mass is 32.1. The lowest BCUT2D eigenvalue weighted by Crippen LogP contribution is -2.16. The molecule has 3 nitrogen and oxygen atoms in total. The number of hydrogen-bond donors (Lipinski definition) is 1. The third-order valence-electron chi connectivity index (χ3n) is 3.53.